The van der Waals surface area contributed by atoms with Gasteiger partial charge in [0.05, 0.1) is 11.3 Å². The summed E-state index contributed by atoms with van der Waals surface area (Å²) < 4.78 is 15.8. The zero-order chi connectivity index (χ0) is 14.7. The third-order valence-corrected chi connectivity index (χ3v) is 3.37. The summed E-state index contributed by atoms with van der Waals surface area (Å²) in [6.07, 6.45) is 1.65. The molecule has 0 bridgehead atoms. The Kier molecular flexibility index (Phi) is 4.17. The van der Waals surface area contributed by atoms with E-state index < -0.39 is 5.82 Å². The highest BCUT2D eigenvalue weighted by molar-refractivity contribution is 5.95. The summed E-state index contributed by atoms with van der Waals surface area (Å²) in [6.45, 7) is 4.89. The molecule has 0 fully saturated rings. The van der Waals surface area contributed by atoms with Gasteiger partial charge in [0.2, 0.25) is 0 Å². The predicted octanol–water partition coefficient (Wildman–Crippen LogP) is 2.71. The van der Waals surface area contributed by atoms with Gasteiger partial charge in [-0.3, -0.25) is 9.48 Å². The summed E-state index contributed by atoms with van der Waals surface area (Å²) >= 11 is 0. The second-order valence-corrected chi connectivity index (χ2v) is 4.51. The van der Waals surface area contributed by atoms with Crippen LogP contribution in [-0.4, -0.2) is 33.7 Å². The molecule has 1 aromatic heterocycles. The Morgan fingerprint density at radius 3 is 2.50 bits per heavy atom. The Morgan fingerprint density at radius 2 is 2.00 bits per heavy atom. The van der Waals surface area contributed by atoms with Crippen molar-refractivity contribution < 1.29 is 9.18 Å². The minimum absolute atomic E-state index is 0.111. The maximum atomic E-state index is 14.2. The predicted molar refractivity (Wildman–Crippen MR) is 75.9 cm³/mol. The number of halogens is 1. The summed E-state index contributed by atoms with van der Waals surface area (Å²) in [4.78, 5) is 13.8. The fourth-order valence-corrected chi connectivity index (χ4v) is 2.19. The molecule has 0 saturated carbocycles. The van der Waals surface area contributed by atoms with Crippen LogP contribution in [0.5, 0.6) is 0 Å². The second kappa shape index (κ2) is 5.86. The molecule has 0 atom stereocenters. The Labute approximate surface area is 117 Å². The smallest absolute Gasteiger partial charge is 0.256 e. The first-order valence-corrected chi connectivity index (χ1v) is 6.65. The van der Waals surface area contributed by atoms with Gasteiger partial charge >= 0.3 is 0 Å². The number of amides is 1. The van der Waals surface area contributed by atoms with Crippen molar-refractivity contribution in [1.29, 1.82) is 0 Å². The first-order valence-electron chi connectivity index (χ1n) is 6.65. The number of hydrogen-bond acceptors (Lipinski definition) is 2. The minimum Gasteiger partial charge on any atom is -0.339 e. The highest BCUT2D eigenvalue weighted by atomic mass is 19.1. The quantitative estimate of drug-likeness (QED) is 0.860. The number of carbonyl (C=O) groups excluding carboxylic acids is 1. The lowest BCUT2D eigenvalue weighted by Gasteiger charge is -2.19. The fraction of sp³-hybridized carbons (Fsp3) is 0.333. The first-order chi connectivity index (χ1) is 9.58. The molecule has 2 rings (SSSR count). The Morgan fingerprint density at radius 1 is 1.30 bits per heavy atom. The summed E-state index contributed by atoms with van der Waals surface area (Å²) in [7, 11) is 1.79. The fourth-order valence-electron chi connectivity index (χ4n) is 2.19. The lowest BCUT2D eigenvalue weighted by atomic mass is 10.1. The number of benzene rings is 1. The van der Waals surface area contributed by atoms with Crippen molar-refractivity contribution in [1.82, 2.24) is 14.7 Å². The van der Waals surface area contributed by atoms with E-state index in [0.717, 1.165) is 5.69 Å². The van der Waals surface area contributed by atoms with E-state index in [2.05, 4.69) is 5.10 Å². The average molecular weight is 275 g/mol. The normalized spacial score (nSPS) is 10.6. The van der Waals surface area contributed by atoms with Crippen LogP contribution in [0.3, 0.4) is 0 Å². The minimum atomic E-state index is -0.499. The third kappa shape index (κ3) is 2.57. The summed E-state index contributed by atoms with van der Waals surface area (Å²) in [5.41, 5.74) is 1.63. The van der Waals surface area contributed by atoms with Gasteiger partial charge in [0.15, 0.2) is 0 Å². The Bertz CT molecular complexity index is 617. The van der Waals surface area contributed by atoms with Crippen molar-refractivity contribution in [3.8, 4) is 11.3 Å². The maximum Gasteiger partial charge on any atom is 0.256 e. The molecule has 1 aromatic carbocycles. The molecule has 4 nitrogen and oxygen atoms in total. The van der Waals surface area contributed by atoms with Gasteiger partial charge in [-0.25, -0.2) is 4.39 Å². The van der Waals surface area contributed by atoms with Crippen LogP contribution in [0.25, 0.3) is 11.3 Å². The first kappa shape index (κ1) is 14.2. The summed E-state index contributed by atoms with van der Waals surface area (Å²) in [6, 6.07) is 6.48. The molecule has 0 spiro atoms. The number of aryl methyl sites for hydroxylation is 1. The number of carbonyl (C=O) groups is 1. The van der Waals surface area contributed by atoms with Crippen LogP contribution in [0, 0.1) is 5.82 Å². The van der Waals surface area contributed by atoms with Crippen LogP contribution in [0.2, 0.25) is 0 Å². The van der Waals surface area contributed by atoms with Crippen molar-refractivity contribution in [2.45, 2.75) is 13.8 Å². The Balaban J connectivity index is 2.36. The van der Waals surface area contributed by atoms with E-state index in [1.165, 1.54) is 6.07 Å². The highest BCUT2D eigenvalue weighted by Crippen LogP contribution is 2.22. The van der Waals surface area contributed by atoms with Crippen LogP contribution in [0.15, 0.2) is 30.5 Å². The molecule has 5 heteroatoms. The van der Waals surface area contributed by atoms with E-state index in [0.29, 0.717) is 18.7 Å². The van der Waals surface area contributed by atoms with Gasteiger partial charge in [0.25, 0.3) is 5.91 Å². The van der Waals surface area contributed by atoms with Crippen molar-refractivity contribution in [2.75, 3.05) is 13.1 Å². The van der Waals surface area contributed by atoms with Crippen molar-refractivity contribution in [3.63, 3.8) is 0 Å². The van der Waals surface area contributed by atoms with Crippen molar-refractivity contribution >= 4 is 5.91 Å². The van der Waals surface area contributed by atoms with Gasteiger partial charge < -0.3 is 4.90 Å². The SMILES string of the molecule is CCN(CC)C(=O)c1ccc(-c2ccnn2C)cc1F. The highest BCUT2D eigenvalue weighted by Gasteiger charge is 2.17. The monoisotopic (exact) mass is 275 g/mol. The zero-order valence-electron chi connectivity index (χ0n) is 11.9. The molecule has 1 heterocycles. The van der Waals surface area contributed by atoms with E-state index in [-0.39, 0.29) is 11.5 Å². The summed E-state index contributed by atoms with van der Waals surface area (Å²) in [5, 5.41) is 4.05. The number of aromatic nitrogens is 2. The van der Waals surface area contributed by atoms with Gasteiger partial charge in [-0.1, -0.05) is 6.07 Å². The second-order valence-electron chi connectivity index (χ2n) is 4.51. The molecular formula is C15H18FN3O. The standard InChI is InChI=1S/C15H18FN3O/c1-4-19(5-2)15(20)12-7-6-11(10-13(12)16)14-8-9-17-18(14)3/h6-10H,4-5H2,1-3H3. The Hall–Kier alpha value is -2.17. The average Bonchev–Trinajstić information content (AvgIpc) is 2.86. The molecule has 0 radical (unpaired) electrons. The molecule has 2 aromatic rings. The van der Waals surface area contributed by atoms with Crippen LogP contribution in [0.1, 0.15) is 24.2 Å². The van der Waals surface area contributed by atoms with Gasteiger partial charge in [0.1, 0.15) is 5.82 Å². The summed E-state index contributed by atoms with van der Waals surface area (Å²) in [5.74, 6) is -0.773. The number of hydrogen-bond donors (Lipinski definition) is 0. The van der Waals surface area contributed by atoms with Crippen LogP contribution in [0.4, 0.5) is 4.39 Å². The molecule has 0 saturated heterocycles. The van der Waals surface area contributed by atoms with Gasteiger partial charge in [-0.05, 0) is 32.0 Å². The van der Waals surface area contributed by atoms with Crippen molar-refractivity contribution in [2.24, 2.45) is 7.05 Å². The van der Waals surface area contributed by atoms with E-state index in [1.54, 1.807) is 41.0 Å². The number of nitrogens with zero attached hydrogens (tertiary/aromatic N) is 3. The van der Waals surface area contributed by atoms with Gasteiger partial charge in [-0.2, -0.15) is 5.10 Å². The zero-order valence-corrected chi connectivity index (χ0v) is 11.9. The molecule has 0 aliphatic carbocycles. The van der Waals surface area contributed by atoms with Crippen LogP contribution < -0.4 is 0 Å². The van der Waals surface area contributed by atoms with E-state index in [4.69, 9.17) is 0 Å². The number of rotatable bonds is 4. The third-order valence-electron chi connectivity index (χ3n) is 3.37. The largest absolute Gasteiger partial charge is 0.339 e. The molecule has 0 N–H and O–H groups in total. The topological polar surface area (TPSA) is 38.1 Å². The lowest BCUT2D eigenvalue weighted by Crippen LogP contribution is -2.31. The molecule has 0 unspecified atom stereocenters. The van der Waals surface area contributed by atoms with E-state index in [9.17, 15) is 9.18 Å². The molecule has 106 valence electrons. The molecule has 20 heavy (non-hydrogen) atoms. The molecule has 1 amide bonds. The van der Waals surface area contributed by atoms with Crippen LogP contribution in [-0.2, 0) is 7.05 Å². The van der Waals surface area contributed by atoms with Gasteiger partial charge in [-0.15, -0.1) is 0 Å². The molecule has 0 aliphatic rings. The molecule has 0 aliphatic heterocycles. The van der Waals surface area contributed by atoms with E-state index in [1.807, 2.05) is 13.8 Å². The molecular weight excluding hydrogens is 257 g/mol. The van der Waals surface area contributed by atoms with Gasteiger partial charge in [0, 0.05) is 31.9 Å². The van der Waals surface area contributed by atoms with Crippen LogP contribution >= 0.6 is 0 Å². The lowest BCUT2D eigenvalue weighted by molar-refractivity contribution is 0.0768. The van der Waals surface area contributed by atoms with E-state index >= 15 is 0 Å². The van der Waals surface area contributed by atoms with Crippen molar-refractivity contribution in [3.05, 3.63) is 41.8 Å². The maximum absolute atomic E-state index is 14.2.